The van der Waals surface area contributed by atoms with Gasteiger partial charge < -0.3 is 24.8 Å². The Balaban J connectivity index is 0.000000484. The van der Waals surface area contributed by atoms with E-state index in [9.17, 15) is 8.78 Å². The van der Waals surface area contributed by atoms with Crippen LogP contribution in [-0.2, 0) is 19.6 Å². The number of rotatable bonds is 8. The topological polar surface area (TPSA) is 229 Å². The van der Waals surface area contributed by atoms with E-state index in [1.165, 1.54) is 12.1 Å². The van der Waals surface area contributed by atoms with E-state index >= 15 is 0 Å². The highest BCUT2D eigenvalue weighted by Crippen LogP contribution is 2.16. The number of imidazole rings is 2. The van der Waals surface area contributed by atoms with E-state index in [-0.39, 0.29) is 0 Å². The van der Waals surface area contributed by atoms with Crippen molar-refractivity contribution in [3.63, 3.8) is 0 Å². The Morgan fingerprint density at radius 3 is 1.52 bits per heavy atom. The molecule has 0 saturated carbocycles. The van der Waals surface area contributed by atoms with Gasteiger partial charge in [-0.1, -0.05) is 30.3 Å². The number of benzene rings is 3. The summed E-state index contributed by atoms with van der Waals surface area (Å²) >= 11 is 0. The summed E-state index contributed by atoms with van der Waals surface area (Å²) in [5.41, 5.74) is 4.53. The van der Waals surface area contributed by atoms with Gasteiger partial charge in [0.25, 0.3) is 15.3 Å². The second kappa shape index (κ2) is 17.1. The van der Waals surface area contributed by atoms with Crippen molar-refractivity contribution in [2.75, 3.05) is 13.1 Å². The summed E-state index contributed by atoms with van der Waals surface area (Å²) in [7, 11) is 0. The molecule has 0 amide bonds. The molecular weight excluding hydrogens is 594 g/mol. The van der Waals surface area contributed by atoms with Crippen molar-refractivity contribution in [1.29, 1.82) is 0 Å². The Labute approximate surface area is 245 Å². The Morgan fingerprint density at radius 2 is 1.11 bits per heavy atom. The highest BCUT2D eigenvalue weighted by molar-refractivity contribution is 5.75. The van der Waals surface area contributed by atoms with E-state index in [1.54, 1.807) is 0 Å². The molecule has 0 aliphatic rings. The first kappa shape index (κ1) is 34.2. The molecule has 0 spiro atoms. The van der Waals surface area contributed by atoms with Gasteiger partial charge in [0.1, 0.15) is 11.6 Å². The van der Waals surface area contributed by atoms with Crippen molar-refractivity contribution in [2.24, 2.45) is 0 Å². The molecule has 5 rings (SSSR count). The van der Waals surface area contributed by atoms with Crippen LogP contribution in [-0.4, -0.2) is 68.0 Å². The van der Waals surface area contributed by atoms with Gasteiger partial charge in [0.15, 0.2) is 0 Å². The third-order valence-corrected chi connectivity index (χ3v) is 5.78. The van der Waals surface area contributed by atoms with E-state index in [1.807, 2.05) is 61.2 Å². The minimum Gasteiger partial charge on any atom is -0.329 e. The van der Waals surface area contributed by atoms with Crippen LogP contribution in [0.2, 0.25) is 0 Å². The predicted octanol–water partition coefficient (Wildman–Crippen LogP) is 3.82. The number of para-hydroxylation sites is 4. The summed E-state index contributed by atoms with van der Waals surface area (Å²) in [4.78, 5) is 36.2. The van der Waals surface area contributed by atoms with Gasteiger partial charge in [-0.25, -0.2) is 18.7 Å². The van der Waals surface area contributed by atoms with Crippen molar-refractivity contribution in [2.45, 2.75) is 19.6 Å². The van der Waals surface area contributed by atoms with Crippen LogP contribution in [0.4, 0.5) is 8.78 Å². The van der Waals surface area contributed by atoms with Gasteiger partial charge in [0.05, 0.1) is 34.7 Å². The lowest BCUT2D eigenvalue weighted by Crippen LogP contribution is -2.30. The van der Waals surface area contributed by atoms with Crippen molar-refractivity contribution in [3.05, 3.63) is 127 Å². The van der Waals surface area contributed by atoms with E-state index in [0.717, 1.165) is 28.1 Å². The van der Waals surface area contributed by atoms with E-state index in [2.05, 4.69) is 24.0 Å². The van der Waals surface area contributed by atoms with Crippen molar-refractivity contribution in [1.82, 2.24) is 24.0 Å². The van der Waals surface area contributed by atoms with Crippen LogP contribution in [0.25, 0.3) is 22.1 Å². The molecule has 17 nitrogen and oxygen atoms in total. The van der Waals surface area contributed by atoms with Crippen LogP contribution in [0.3, 0.4) is 0 Å². The lowest BCUT2D eigenvalue weighted by atomic mass is 10.2. The van der Waals surface area contributed by atoms with Gasteiger partial charge in [-0.05, 0) is 30.3 Å². The molecule has 0 aliphatic carbocycles. The molecule has 2 aromatic heterocycles. The molecule has 0 aliphatic heterocycles. The predicted molar refractivity (Wildman–Crippen MR) is 147 cm³/mol. The minimum atomic E-state index is -1.50. The number of hydrogen-bond donors (Lipinski definition) is 3. The summed E-state index contributed by atoms with van der Waals surface area (Å²) in [5, 5.41) is 40.9. The van der Waals surface area contributed by atoms with E-state index in [4.69, 9.17) is 46.0 Å². The molecule has 0 radical (unpaired) electrons. The van der Waals surface area contributed by atoms with Crippen LogP contribution < -0.4 is 0 Å². The molecule has 19 heteroatoms. The van der Waals surface area contributed by atoms with Gasteiger partial charge in [-0.3, -0.25) is 4.90 Å². The van der Waals surface area contributed by atoms with Crippen molar-refractivity contribution in [3.8, 4) is 0 Å². The van der Waals surface area contributed by atoms with Gasteiger partial charge in [0.2, 0.25) is 0 Å². The molecule has 44 heavy (non-hydrogen) atoms. The maximum atomic E-state index is 14.4. The van der Waals surface area contributed by atoms with Crippen LogP contribution in [0.1, 0.15) is 5.56 Å². The summed E-state index contributed by atoms with van der Waals surface area (Å²) in [5.74, 6) is -1.08. The van der Waals surface area contributed by atoms with Crippen LogP contribution >= 0.6 is 0 Å². The van der Waals surface area contributed by atoms with Crippen LogP contribution in [0.15, 0.2) is 79.4 Å². The Hall–Kier alpha value is -5.98. The smallest absolute Gasteiger partial charge is 0.291 e. The van der Waals surface area contributed by atoms with Gasteiger partial charge in [-0.2, -0.15) is 0 Å². The second-order valence-corrected chi connectivity index (χ2v) is 8.58. The molecular formula is C25H26F2N8O9. The molecule has 0 atom stereocenters. The van der Waals surface area contributed by atoms with Gasteiger partial charge in [0, 0.05) is 44.4 Å². The fourth-order valence-corrected chi connectivity index (χ4v) is 4.04. The van der Waals surface area contributed by atoms with Gasteiger partial charge >= 0.3 is 0 Å². The largest absolute Gasteiger partial charge is 0.329 e. The maximum Gasteiger partial charge on any atom is 0.291 e. The molecule has 5 aromatic rings. The van der Waals surface area contributed by atoms with Crippen molar-refractivity contribution >= 4 is 22.1 Å². The lowest BCUT2D eigenvalue weighted by Gasteiger charge is -2.23. The molecule has 0 bridgehead atoms. The fraction of sp³-hybridized carbons (Fsp3) is 0.200. The second-order valence-electron chi connectivity index (χ2n) is 8.58. The van der Waals surface area contributed by atoms with Crippen LogP contribution in [0, 0.1) is 42.0 Å². The third-order valence-electron chi connectivity index (χ3n) is 5.78. The molecule has 0 unspecified atom stereocenters. The number of hydrogen-bond acceptors (Lipinski definition) is 9. The van der Waals surface area contributed by atoms with E-state index in [0.29, 0.717) is 38.3 Å². The zero-order valence-corrected chi connectivity index (χ0v) is 22.7. The lowest BCUT2D eigenvalue weighted by molar-refractivity contribution is -0.742. The molecule has 234 valence electrons. The van der Waals surface area contributed by atoms with E-state index < -0.39 is 26.9 Å². The third kappa shape index (κ3) is 11.9. The molecule has 0 saturated heterocycles. The SMILES string of the molecule is Fc1ccc(CN(CCn2cnc3ccccc32)CCn2cnc3ccccc32)c(F)c1.O=[N+]([O-])O.O=[N+]([O-])O.O=[N+]([O-])O. The number of halogens is 2. The Bertz CT molecular complexity index is 1560. The average molecular weight is 621 g/mol. The summed E-state index contributed by atoms with van der Waals surface area (Å²) in [6, 6.07) is 19.8. The highest BCUT2D eigenvalue weighted by atomic mass is 19.1. The number of fused-ring (bicyclic) bond motifs is 2. The maximum absolute atomic E-state index is 14.4. The summed E-state index contributed by atoms with van der Waals surface area (Å²) < 4.78 is 31.9. The van der Waals surface area contributed by atoms with Crippen molar-refractivity contribution < 1.29 is 39.7 Å². The first-order valence-corrected chi connectivity index (χ1v) is 12.3. The monoisotopic (exact) mass is 620 g/mol. The first-order chi connectivity index (χ1) is 20.9. The average Bonchev–Trinajstić information content (AvgIpc) is 3.55. The Kier molecular flexibility index (Phi) is 13.3. The minimum absolute atomic E-state index is 0.394. The van der Waals surface area contributed by atoms with Crippen LogP contribution in [0.5, 0.6) is 0 Å². The highest BCUT2D eigenvalue weighted by Gasteiger charge is 2.13. The molecule has 0 fully saturated rings. The first-order valence-electron chi connectivity index (χ1n) is 12.3. The van der Waals surface area contributed by atoms with Gasteiger partial charge in [-0.15, -0.1) is 30.3 Å². The quantitative estimate of drug-likeness (QED) is 0.166. The standard InChI is InChI=1S/C25H23F2N5.3HNO3/c26-20-10-9-19(21(27)15-20)16-30(11-13-31-17-28-22-5-1-3-7-24(22)31)12-14-32-18-29-23-6-2-4-8-25(23)32;3*2-1(3)4/h1-10,15,17-18H,11-14,16H2;3*(H,2,3,4). The molecule has 3 N–H and O–H groups in total. The summed E-state index contributed by atoms with van der Waals surface area (Å²) in [6.07, 6.45) is 3.68. The molecule has 2 heterocycles. The zero-order chi connectivity index (χ0) is 32.6. The fourth-order valence-electron chi connectivity index (χ4n) is 4.04. The normalized spacial score (nSPS) is 10.2. The number of nitrogens with zero attached hydrogens (tertiary/aromatic N) is 8. The zero-order valence-electron chi connectivity index (χ0n) is 22.7. The summed E-state index contributed by atoms with van der Waals surface area (Å²) in [6.45, 7) is 3.22. The molecule has 3 aromatic carbocycles. The number of aromatic nitrogens is 4. The Morgan fingerprint density at radius 1 is 0.705 bits per heavy atom.